The summed E-state index contributed by atoms with van der Waals surface area (Å²) in [5.74, 6) is 1.44. The van der Waals surface area contributed by atoms with E-state index in [-0.39, 0.29) is 6.04 Å². The molecule has 2 heteroatoms. The van der Waals surface area contributed by atoms with Crippen LogP contribution in [0.25, 0.3) is 0 Å². The molecule has 2 N–H and O–H groups in total. The normalized spacial score (nSPS) is 16.7. The molecule has 2 atom stereocenters. The van der Waals surface area contributed by atoms with Gasteiger partial charge in [0, 0.05) is 25.2 Å². The third kappa shape index (κ3) is 5.61. The smallest absolute Gasteiger partial charge is 0.0216 e. The molecule has 2 nitrogen and oxygen atoms in total. The lowest BCUT2D eigenvalue weighted by Crippen LogP contribution is -2.47. The van der Waals surface area contributed by atoms with Crippen LogP contribution in [0, 0.1) is 11.8 Å². The molecule has 0 rings (SSSR count). The summed E-state index contributed by atoms with van der Waals surface area (Å²) in [7, 11) is 0. The Labute approximate surface area is 89.9 Å². The molecule has 0 radical (unpaired) electrons. The van der Waals surface area contributed by atoms with Gasteiger partial charge in [-0.25, -0.2) is 0 Å². The van der Waals surface area contributed by atoms with Crippen molar-refractivity contribution in [3.05, 3.63) is 0 Å². The molecule has 86 valence electrons. The fourth-order valence-corrected chi connectivity index (χ4v) is 1.68. The number of nitrogens with two attached hydrogens (primary N) is 1. The van der Waals surface area contributed by atoms with Crippen molar-refractivity contribution < 1.29 is 0 Å². The largest absolute Gasteiger partial charge is 0.327 e. The van der Waals surface area contributed by atoms with Crippen LogP contribution in [0.4, 0.5) is 0 Å². The zero-order chi connectivity index (χ0) is 11.3. The van der Waals surface area contributed by atoms with Gasteiger partial charge < -0.3 is 5.73 Å². The van der Waals surface area contributed by atoms with Crippen LogP contribution < -0.4 is 5.73 Å². The van der Waals surface area contributed by atoms with Crippen LogP contribution in [0.2, 0.25) is 0 Å². The van der Waals surface area contributed by atoms with Crippen molar-refractivity contribution in [2.24, 2.45) is 17.6 Å². The van der Waals surface area contributed by atoms with Crippen molar-refractivity contribution in [2.45, 2.75) is 53.6 Å². The van der Waals surface area contributed by atoms with E-state index in [2.05, 4.69) is 46.4 Å². The number of hydrogen-bond donors (Lipinski definition) is 1. The number of hydrogen-bond acceptors (Lipinski definition) is 2. The van der Waals surface area contributed by atoms with E-state index in [1.807, 2.05) is 0 Å². The fraction of sp³-hybridized carbons (Fsp3) is 1.00. The molecule has 0 saturated carbocycles. The number of nitrogens with zero attached hydrogens (tertiary/aromatic N) is 1. The van der Waals surface area contributed by atoms with Gasteiger partial charge in [0.15, 0.2) is 0 Å². The minimum absolute atomic E-state index is 0.257. The summed E-state index contributed by atoms with van der Waals surface area (Å²) >= 11 is 0. The maximum Gasteiger partial charge on any atom is 0.0216 e. The van der Waals surface area contributed by atoms with Crippen LogP contribution in [-0.2, 0) is 0 Å². The summed E-state index contributed by atoms with van der Waals surface area (Å²) < 4.78 is 0. The predicted molar refractivity (Wildman–Crippen MR) is 64.4 cm³/mol. The van der Waals surface area contributed by atoms with E-state index in [4.69, 9.17) is 5.73 Å². The average Bonchev–Trinajstić information content (AvgIpc) is 1.99. The molecule has 0 amide bonds. The second kappa shape index (κ2) is 6.41. The van der Waals surface area contributed by atoms with Gasteiger partial charge in [-0.1, -0.05) is 27.7 Å². The molecule has 0 heterocycles. The average molecular weight is 200 g/mol. The summed E-state index contributed by atoms with van der Waals surface area (Å²) in [6.07, 6.45) is 0. The van der Waals surface area contributed by atoms with Gasteiger partial charge in [0.1, 0.15) is 0 Å². The molecule has 0 aromatic heterocycles. The van der Waals surface area contributed by atoms with Gasteiger partial charge in [0.05, 0.1) is 0 Å². The molecule has 14 heavy (non-hydrogen) atoms. The molecular formula is C12H28N2. The van der Waals surface area contributed by atoms with Crippen LogP contribution in [0.1, 0.15) is 41.5 Å². The van der Waals surface area contributed by atoms with Gasteiger partial charge in [-0.2, -0.15) is 0 Å². The Morgan fingerprint density at radius 1 is 0.857 bits per heavy atom. The second-order valence-electron chi connectivity index (χ2n) is 5.34. The molecule has 0 bridgehead atoms. The van der Waals surface area contributed by atoms with Gasteiger partial charge in [0.2, 0.25) is 0 Å². The first-order chi connectivity index (χ1) is 6.34. The fourth-order valence-electron chi connectivity index (χ4n) is 1.68. The molecule has 0 aliphatic heterocycles. The monoisotopic (exact) mass is 200 g/mol. The van der Waals surface area contributed by atoms with Crippen LogP contribution >= 0.6 is 0 Å². The van der Waals surface area contributed by atoms with E-state index in [9.17, 15) is 0 Å². The van der Waals surface area contributed by atoms with Crippen LogP contribution in [-0.4, -0.2) is 30.1 Å². The highest BCUT2D eigenvalue weighted by atomic mass is 15.2. The lowest BCUT2D eigenvalue weighted by molar-refractivity contribution is 0.151. The van der Waals surface area contributed by atoms with Gasteiger partial charge in [-0.3, -0.25) is 4.90 Å². The Morgan fingerprint density at radius 3 is 1.43 bits per heavy atom. The molecule has 0 aromatic carbocycles. The highest BCUT2D eigenvalue weighted by Gasteiger charge is 2.18. The summed E-state index contributed by atoms with van der Waals surface area (Å²) in [5, 5.41) is 0. The van der Waals surface area contributed by atoms with Crippen LogP contribution in [0.3, 0.4) is 0 Å². The van der Waals surface area contributed by atoms with E-state index in [1.54, 1.807) is 0 Å². The number of rotatable bonds is 6. The quantitative estimate of drug-likeness (QED) is 0.713. The SMILES string of the molecule is CC(C)CN(CC(C)C)C(C)C(C)N. The topological polar surface area (TPSA) is 29.3 Å². The lowest BCUT2D eigenvalue weighted by atomic mass is 10.1. The first-order valence-electron chi connectivity index (χ1n) is 5.84. The maximum absolute atomic E-state index is 5.95. The summed E-state index contributed by atoms with van der Waals surface area (Å²) in [5.41, 5.74) is 5.95. The Balaban J connectivity index is 4.22. The predicted octanol–water partition coefficient (Wildman–Crippen LogP) is 2.34. The molecule has 2 unspecified atom stereocenters. The van der Waals surface area contributed by atoms with Crippen molar-refractivity contribution >= 4 is 0 Å². The van der Waals surface area contributed by atoms with Gasteiger partial charge in [0.25, 0.3) is 0 Å². The van der Waals surface area contributed by atoms with E-state index in [0.717, 1.165) is 24.9 Å². The van der Waals surface area contributed by atoms with E-state index < -0.39 is 0 Å². The molecule has 0 aromatic rings. The molecule has 0 spiro atoms. The van der Waals surface area contributed by atoms with E-state index in [0.29, 0.717) is 6.04 Å². The minimum atomic E-state index is 0.257. The minimum Gasteiger partial charge on any atom is -0.327 e. The molecule has 0 saturated heterocycles. The van der Waals surface area contributed by atoms with Crippen LogP contribution in [0.15, 0.2) is 0 Å². The lowest BCUT2D eigenvalue weighted by Gasteiger charge is -2.34. The van der Waals surface area contributed by atoms with Crippen molar-refractivity contribution in [3.8, 4) is 0 Å². The Morgan fingerprint density at radius 2 is 1.21 bits per heavy atom. The van der Waals surface area contributed by atoms with E-state index in [1.165, 1.54) is 0 Å². The van der Waals surface area contributed by atoms with Crippen molar-refractivity contribution in [1.82, 2.24) is 4.90 Å². The second-order valence-corrected chi connectivity index (χ2v) is 5.34. The highest BCUT2D eigenvalue weighted by molar-refractivity contribution is 4.76. The zero-order valence-electron chi connectivity index (χ0n) is 10.7. The van der Waals surface area contributed by atoms with Gasteiger partial charge in [-0.05, 0) is 25.7 Å². The Bertz CT molecular complexity index is 131. The summed E-state index contributed by atoms with van der Waals surface area (Å²) in [6, 6.07) is 0.743. The highest BCUT2D eigenvalue weighted by Crippen LogP contribution is 2.10. The first kappa shape index (κ1) is 13.9. The molecule has 0 aliphatic carbocycles. The van der Waals surface area contributed by atoms with Crippen molar-refractivity contribution in [2.75, 3.05) is 13.1 Å². The van der Waals surface area contributed by atoms with Gasteiger partial charge in [-0.15, -0.1) is 0 Å². The molecule has 0 fully saturated rings. The van der Waals surface area contributed by atoms with Crippen molar-refractivity contribution in [1.29, 1.82) is 0 Å². The third-order valence-corrected chi connectivity index (χ3v) is 2.54. The zero-order valence-corrected chi connectivity index (χ0v) is 10.7. The third-order valence-electron chi connectivity index (χ3n) is 2.54. The Kier molecular flexibility index (Phi) is 6.38. The van der Waals surface area contributed by atoms with Crippen molar-refractivity contribution in [3.63, 3.8) is 0 Å². The standard InChI is InChI=1S/C12H28N2/c1-9(2)7-14(8-10(3)4)12(6)11(5)13/h9-12H,7-8,13H2,1-6H3. The summed E-state index contributed by atoms with van der Waals surface area (Å²) in [4.78, 5) is 2.51. The summed E-state index contributed by atoms with van der Waals surface area (Å²) in [6.45, 7) is 15.7. The van der Waals surface area contributed by atoms with E-state index >= 15 is 0 Å². The first-order valence-corrected chi connectivity index (χ1v) is 5.84. The molecule has 0 aliphatic rings. The molecular weight excluding hydrogens is 172 g/mol. The maximum atomic E-state index is 5.95. The van der Waals surface area contributed by atoms with Gasteiger partial charge >= 0.3 is 0 Å². The van der Waals surface area contributed by atoms with Crippen LogP contribution in [0.5, 0.6) is 0 Å². The Hall–Kier alpha value is -0.0800.